The second-order valence-corrected chi connectivity index (χ2v) is 10.2. The van der Waals surface area contributed by atoms with Gasteiger partial charge in [0.05, 0.1) is 7.11 Å². The Morgan fingerprint density at radius 1 is 1.11 bits per heavy atom. The molecule has 0 saturated carbocycles. The Bertz CT molecular complexity index is 966. The first kappa shape index (κ1) is 21.9. The first-order valence-corrected chi connectivity index (χ1v) is 10.2. The molecule has 1 amide bonds. The van der Waals surface area contributed by atoms with E-state index in [2.05, 4.69) is 15.2 Å². The third kappa shape index (κ3) is 5.32. The maximum atomic E-state index is 12.7. The second kappa shape index (κ2) is 7.56. The molecule has 1 aromatic carbocycles. The summed E-state index contributed by atoms with van der Waals surface area (Å²) in [6.07, 6.45) is 0. The lowest BCUT2D eigenvalue weighted by Crippen LogP contribution is -2.40. The van der Waals surface area contributed by atoms with Crippen LogP contribution in [0, 0.1) is 0 Å². The summed E-state index contributed by atoms with van der Waals surface area (Å²) >= 11 is 0. The van der Waals surface area contributed by atoms with Gasteiger partial charge in [-0.3, -0.25) is 4.79 Å². The Balaban J connectivity index is 2.34. The molecule has 0 saturated heterocycles. The average Bonchev–Trinajstić information content (AvgIpc) is 3.00. The molecular weight excluding hydrogens is 382 g/mol. The molecule has 9 heteroatoms. The molecule has 0 aliphatic heterocycles. The topological polar surface area (TPSA) is 111 Å². The lowest BCUT2D eigenvalue weighted by molar-refractivity contribution is 0.102. The number of methoxy groups -OCH3 is 1. The summed E-state index contributed by atoms with van der Waals surface area (Å²) in [5.74, 6) is 0.506. The molecular formula is C19H27N3O5S. The van der Waals surface area contributed by atoms with E-state index >= 15 is 0 Å². The molecule has 0 radical (unpaired) electrons. The van der Waals surface area contributed by atoms with Crippen molar-refractivity contribution in [1.82, 2.24) is 9.88 Å². The summed E-state index contributed by atoms with van der Waals surface area (Å²) < 4.78 is 38.4. The van der Waals surface area contributed by atoms with Gasteiger partial charge in [-0.05, 0) is 39.0 Å². The smallest absolute Gasteiger partial charge is 0.256 e. The van der Waals surface area contributed by atoms with Crippen molar-refractivity contribution < 1.29 is 22.5 Å². The highest BCUT2D eigenvalue weighted by Gasteiger charge is 2.27. The number of carbonyl (C=O) groups excluding carboxylic acids is 1. The predicted molar refractivity (Wildman–Crippen MR) is 106 cm³/mol. The Hall–Kier alpha value is -2.39. The number of carbonyl (C=O) groups is 1. The van der Waals surface area contributed by atoms with Gasteiger partial charge in [-0.1, -0.05) is 25.9 Å². The van der Waals surface area contributed by atoms with Crippen molar-refractivity contribution in [1.29, 1.82) is 0 Å². The van der Waals surface area contributed by atoms with E-state index < -0.39 is 21.5 Å². The maximum absolute atomic E-state index is 12.7. The fraction of sp³-hybridized carbons (Fsp3) is 0.474. The third-order valence-electron chi connectivity index (χ3n) is 3.65. The van der Waals surface area contributed by atoms with Crippen LogP contribution in [0.25, 0.3) is 0 Å². The van der Waals surface area contributed by atoms with E-state index in [0.29, 0.717) is 5.76 Å². The number of hydrogen-bond acceptors (Lipinski definition) is 6. The number of sulfonamides is 1. The van der Waals surface area contributed by atoms with Gasteiger partial charge in [-0.2, -0.15) is 0 Å². The van der Waals surface area contributed by atoms with E-state index in [-0.39, 0.29) is 27.4 Å². The summed E-state index contributed by atoms with van der Waals surface area (Å²) in [6.45, 7) is 11.1. The molecule has 28 heavy (non-hydrogen) atoms. The molecule has 0 aliphatic rings. The van der Waals surface area contributed by atoms with Crippen LogP contribution in [0.2, 0.25) is 0 Å². The lowest BCUT2D eigenvalue weighted by atomic mass is 9.93. The molecule has 0 fully saturated rings. The Morgan fingerprint density at radius 3 is 2.25 bits per heavy atom. The third-order valence-corrected chi connectivity index (χ3v) is 5.43. The number of nitrogens with zero attached hydrogens (tertiary/aromatic N) is 1. The van der Waals surface area contributed by atoms with E-state index in [0.717, 1.165) is 0 Å². The van der Waals surface area contributed by atoms with Gasteiger partial charge in [-0.15, -0.1) is 0 Å². The predicted octanol–water partition coefficient (Wildman–Crippen LogP) is 3.31. The SMILES string of the molecule is COc1ccc(C(=O)Nc2cc(C(C)(C)C)on2)cc1S(=O)(=O)NC(C)(C)C. The van der Waals surface area contributed by atoms with Crippen LogP contribution in [0.3, 0.4) is 0 Å². The number of nitrogens with one attached hydrogen (secondary N) is 2. The maximum Gasteiger partial charge on any atom is 0.256 e. The van der Waals surface area contributed by atoms with Crippen LogP contribution in [-0.4, -0.2) is 32.1 Å². The van der Waals surface area contributed by atoms with E-state index in [4.69, 9.17) is 9.26 Å². The highest BCUT2D eigenvalue weighted by atomic mass is 32.2. The molecule has 2 N–H and O–H groups in total. The van der Waals surface area contributed by atoms with Gasteiger partial charge in [0, 0.05) is 22.6 Å². The molecule has 0 unspecified atom stereocenters. The molecule has 1 heterocycles. The number of ether oxygens (including phenoxy) is 1. The molecule has 2 rings (SSSR count). The highest BCUT2D eigenvalue weighted by molar-refractivity contribution is 7.89. The zero-order chi connectivity index (χ0) is 21.3. The van der Waals surface area contributed by atoms with Crippen molar-refractivity contribution in [3.8, 4) is 5.75 Å². The van der Waals surface area contributed by atoms with Crippen LogP contribution >= 0.6 is 0 Å². The standard InChI is InChI=1S/C19H27N3O5S/c1-18(2,3)15-11-16(21-27-15)20-17(23)12-8-9-13(26-7)14(10-12)28(24,25)22-19(4,5)6/h8-11,22H,1-7H3,(H,20,21,23). The number of benzene rings is 1. The molecule has 1 aromatic heterocycles. The molecule has 0 aliphatic carbocycles. The quantitative estimate of drug-likeness (QED) is 0.784. The van der Waals surface area contributed by atoms with Crippen LogP contribution in [0.4, 0.5) is 5.82 Å². The first-order chi connectivity index (χ1) is 12.7. The molecule has 2 aromatic rings. The van der Waals surface area contributed by atoms with Gasteiger partial charge in [0.15, 0.2) is 5.82 Å². The van der Waals surface area contributed by atoms with Crippen LogP contribution < -0.4 is 14.8 Å². The van der Waals surface area contributed by atoms with E-state index in [1.165, 1.54) is 25.3 Å². The zero-order valence-electron chi connectivity index (χ0n) is 17.2. The second-order valence-electron chi connectivity index (χ2n) is 8.50. The fourth-order valence-electron chi connectivity index (χ4n) is 2.36. The fourth-order valence-corrected chi connectivity index (χ4v) is 3.98. The van der Waals surface area contributed by atoms with Gasteiger partial charge in [-0.25, -0.2) is 13.1 Å². The van der Waals surface area contributed by atoms with E-state index in [1.54, 1.807) is 26.8 Å². The number of aromatic nitrogens is 1. The van der Waals surface area contributed by atoms with Crippen molar-refractivity contribution in [3.63, 3.8) is 0 Å². The molecule has 154 valence electrons. The number of hydrogen-bond donors (Lipinski definition) is 2. The van der Waals surface area contributed by atoms with Crippen molar-refractivity contribution in [3.05, 3.63) is 35.6 Å². The Kier molecular flexibility index (Phi) is 5.91. The monoisotopic (exact) mass is 409 g/mol. The van der Waals surface area contributed by atoms with Gasteiger partial charge in [0.2, 0.25) is 10.0 Å². The summed E-state index contributed by atoms with van der Waals surface area (Å²) in [6, 6.07) is 5.83. The van der Waals surface area contributed by atoms with Gasteiger partial charge < -0.3 is 14.6 Å². The van der Waals surface area contributed by atoms with Crippen molar-refractivity contribution in [2.24, 2.45) is 0 Å². The van der Waals surface area contributed by atoms with Crippen molar-refractivity contribution >= 4 is 21.7 Å². The Labute approximate surface area is 165 Å². The van der Waals surface area contributed by atoms with Gasteiger partial charge in [0.25, 0.3) is 5.91 Å². The van der Waals surface area contributed by atoms with Crippen molar-refractivity contribution in [2.45, 2.75) is 57.4 Å². The van der Waals surface area contributed by atoms with Crippen LogP contribution in [-0.2, 0) is 15.4 Å². The van der Waals surface area contributed by atoms with Crippen LogP contribution in [0.15, 0.2) is 33.7 Å². The number of anilines is 1. The van der Waals surface area contributed by atoms with Crippen LogP contribution in [0.1, 0.15) is 57.7 Å². The summed E-state index contributed by atoms with van der Waals surface area (Å²) in [7, 11) is -2.52. The summed E-state index contributed by atoms with van der Waals surface area (Å²) in [4.78, 5) is 12.5. The lowest BCUT2D eigenvalue weighted by Gasteiger charge is -2.21. The largest absolute Gasteiger partial charge is 0.495 e. The average molecular weight is 410 g/mol. The minimum atomic E-state index is -3.89. The summed E-state index contributed by atoms with van der Waals surface area (Å²) in [5.41, 5.74) is -0.794. The number of amides is 1. The molecule has 0 spiro atoms. The molecule has 0 bridgehead atoms. The van der Waals surface area contributed by atoms with E-state index in [9.17, 15) is 13.2 Å². The zero-order valence-corrected chi connectivity index (χ0v) is 18.0. The minimum Gasteiger partial charge on any atom is -0.495 e. The highest BCUT2D eigenvalue weighted by Crippen LogP contribution is 2.27. The van der Waals surface area contributed by atoms with Crippen LogP contribution in [0.5, 0.6) is 5.75 Å². The minimum absolute atomic E-state index is 0.117. The molecule has 0 atom stereocenters. The van der Waals surface area contributed by atoms with Gasteiger partial charge >= 0.3 is 0 Å². The van der Waals surface area contributed by atoms with Gasteiger partial charge in [0.1, 0.15) is 16.4 Å². The number of rotatable bonds is 5. The first-order valence-electron chi connectivity index (χ1n) is 8.73. The van der Waals surface area contributed by atoms with Crippen molar-refractivity contribution in [2.75, 3.05) is 12.4 Å². The Morgan fingerprint density at radius 2 is 1.75 bits per heavy atom. The summed E-state index contributed by atoms with van der Waals surface area (Å²) in [5, 5.41) is 6.45. The molecule has 8 nitrogen and oxygen atoms in total. The normalized spacial score (nSPS) is 12.7. The van der Waals surface area contributed by atoms with E-state index in [1.807, 2.05) is 20.8 Å².